The van der Waals surface area contributed by atoms with E-state index in [0.717, 1.165) is 18.2 Å². The van der Waals surface area contributed by atoms with Crippen molar-refractivity contribution in [2.45, 2.75) is 6.18 Å². The summed E-state index contributed by atoms with van der Waals surface area (Å²) in [7, 11) is 0. The highest BCUT2D eigenvalue weighted by molar-refractivity contribution is 9.10. The molecule has 1 aromatic carbocycles. The van der Waals surface area contributed by atoms with Crippen molar-refractivity contribution in [2.75, 3.05) is 6.54 Å². The highest BCUT2D eigenvalue weighted by Crippen LogP contribution is 2.35. The Kier molecular flexibility index (Phi) is 3.51. The molecular weight excluding hydrogens is 275 g/mol. The van der Waals surface area contributed by atoms with E-state index in [1.165, 1.54) is 0 Å². The molecule has 0 aromatic heterocycles. The second kappa shape index (κ2) is 4.32. The number of carbonyl (C=O) groups is 1. The van der Waals surface area contributed by atoms with Gasteiger partial charge in [0.15, 0.2) is 5.78 Å². The summed E-state index contributed by atoms with van der Waals surface area (Å²) >= 11 is 2.77. The van der Waals surface area contributed by atoms with E-state index in [2.05, 4.69) is 15.9 Å². The van der Waals surface area contributed by atoms with Gasteiger partial charge in [0.2, 0.25) is 0 Å². The summed E-state index contributed by atoms with van der Waals surface area (Å²) < 4.78 is 36.8. The fourth-order valence-electron chi connectivity index (χ4n) is 1.04. The maximum Gasteiger partial charge on any atom is 0.417 e. The second-order valence-corrected chi connectivity index (χ2v) is 3.67. The predicted molar refractivity (Wildman–Crippen MR) is 52.5 cm³/mol. The lowest BCUT2D eigenvalue weighted by molar-refractivity contribution is -0.138. The van der Waals surface area contributed by atoms with Crippen LogP contribution in [0.15, 0.2) is 22.7 Å². The van der Waals surface area contributed by atoms with Crippen molar-refractivity contribution in [1.82, 2.24) is 0 Å². The molecule has 82 valence electrons. The quantitative estimate of drug-likeness (QED) is 0.847. The van der Waals surface area contributed by atoms with Crippen molar-refractivity contribution in [3.63, 3.8) is 0 Å². The van der Waals surface area contributed by atoms with Crippen LogP contribution in [-0.2, 0) is 6.18 Å². The van der Waals surface area contributed by atoms with E-state index in [1.807, 2.05) is 0 Å². The number of rotatable bonds is 2. The number of alkyl halides is 3. The molecule has 0 aliphatic carbocycles. The minimum absolute atomic E-state index is 0.158. The van der Waals surface area contributed by atoms with Gasteiger partial charge >= 0.3 is 6.18 Å². The predicted octanol–water partition coefficient (Wildman–Crippen LogP) is 2.61. The van der Waals surface area contributed by atoms with Gasteiger partial charge < -0.3 is 5.73 Å². The van der Waals surface area contributed by atoms with Crippen molar-refractivity contribution in [2.24, 2.45) is 5.73 Å². The molecule has 0 unspecified atom stereocenters. The Morgan fingerprint density at radius 1 is 1.40 bits per heavy atom. The summed E-state index contributed by atoms with van der Waals surface area (Å²) in [6, 6.07) is 3.09. The van der Waals surface area contributed by atoms with E-state index in [-0.39, 0.29) is 16.6 Å². The van der Waals surface area contributed by atoms with Crippen LogP contribution < -0.4 is 5.73 Å². The maximum absolute atomic E-state index is 12.3. The van der Waals surface area contributed by atoms with Gasteiger partial charge in [-0.1, -0.05) is 22.0 Å². The lowest BCUT2D eigenvalue weighted by Gasteiger charge is -2.09. The zero-order chi connectivity index (χ0) is 11.6. The molecule has 15 heavy (non-hydrogen) atoms. The highest BCUT2D eigenvalue weighted by Gasteiger charge is 2.32. The molecular formula is C9H7BrF3NO. The van der Waals surface area contributed by atoms with Gasteiger partial charge in [-0.2, -0.15) is 13.2 Å². The van der Waals surface area contributed by atoms with Gasteiger partial charge in [-0.3, -0.25) is 4.79 Å². The van der Waals surface area contributed by atoms with Crippen LogP contribution in [0.5, 0.6) is 0 Å². The molecule has 0 bridgehead atoms. The first-order chi connectivity index (χ1) is 6.86. The van der Waals surface area contributed by atoms with Gasteiger partial charge in [-0.25, -0.2) is 0 Å². The fraction of sp³-hybridized carbons (Fsp3) is 0.222. The van der Waals surface area contributed by atoms with Crippen LogP contribution in [0.3, 0.4) is 0 Å². The van der Waals surface area contributed by atoms with Crippen molar-refractivity contribution in [3.05, 3.63) is 33.8 Å². The number of ketones is 1. The zero-order valence-corrected chi connectivity index (χ0v) is 9.02. The zero-order valence-electron chi connectivity index (χ0n) is 7.44. The van der Waals surface area contributed by atoms with E-state index in [9.17, 15) is 18.0 Å². The first kappa shape index (κ1) is 12.2. The van der Waals surface area contributed by atoms with E-state index < -0.39 is 17.5 Å². The summed E-state index contributed by atoms with van der Waals surface area (Å²) in [5, 5.41) is 0. The van der Waals surface area contributed by atoms with Crippen LogP contribution in [-0.4, -0.2) is 12.3 Å². The van der Waals surface area contributed by atoms with E-state index in [0.29, 0.717) is 0 Å². The summed E-state index contributed by atoms with van der Waals surface area (Å²) in [4.78, 5) is 11.1. The molecule has 0 atom stereocenters. The number of hydrogen-bond acceptors (Lipinski definition) is 2. The Hall–Kier alpha value is -0.880. The van der Waals surface area contributed by atoms with Gasteiger partial charge in [-0.05, 0) is 12.1 Å². The molecule has 1 aromatic rings. The van der Waals surface area contributed by atoms with Crippen molar-refractivity contribution < 1.29 is 18.0 Å². The molecule has 1 rings (SSSR count). The molecule has 2 nitrogen and oxygen atoms in total. The summed E-state index contributed by atoms with van der Waals surface area (Å²) in [6.45, 7) is -0.224. The van der Waals surface area contributed by atoms with Crippen LogP contribution >= 0.6 is 15.9 Å². The van der Waals surface area contributed by atoms with E-state index in [1.54, 1.807) is 0 Å². The first-order valence-corrected chi connectivity index (χ1v) is 4.75. The normalized spacial score (nSPS) is 11.5. The Morgan fingerprint density at radius 3 is 2.40 bits per heavy atom. The molecule has 2 N–H and O–H groups in total. The third kappa shape index (κ3) is 2.79. The van der Waals surface area contributed by atoms with Gasteiger partial charge in [0.05, 0.1) is 12.1 Å². The minimum atomic E-state index is -4.43. The Labute approximate surface area is 92.4 Å². The van der Waals surface area contributed by atoms with Gasteiger partial charge in [0.1, 0.15) is 0 Å². The third-order valence-corrected chi connectivity index (χ3v) is 2.44. The average Bonchev–Trinajstić information content (AvgIpc) is 2.14. The molecule has 0 spiro atoms. The number of hydrogen-bond donors (Lipinski definition) is 1. The molecule has 0 heterocycles. The van der Waals surface area contributed by atoms with E-state index >= 15 is 0 Å². The van der Waals surface area contributed by atoms with Gasteiger partial charge in [0, 0.05) is 10.0 Å². The number of nitrogens with two attached hydrogens (primary N) is 1. The molecule has 0 saturated heterocycles. The van der Waals surface area contributed by atoms with Crippen LogP contribution in [0.4, 0.5) is 13.2 Å². The number of halogens is 4. The Balaban J connectivity index is 3.15. The smallest absolute Gasteiger partial charge is 0.324 e. The topological polar surface area (TPSA) is 43.1 Å². The Bertz CT molecular complexity index is 389. The number of benzene rings is 1. The SMILES string of the molecule is NCC(=O)c1ccc(C(F)(F)F)c(Br)c1. The van der Waals surface area contributed by atoms with Crippen molar-refractivity contribution in [1.29, 1.82) is 0 Å². The summed E-state index contributed by atoms with van der Waals surface area (Å²) in [6.07, 6.45) is -4.43. The Morgan fingerprint density at radius 2 is 2.00 bits per heavy atom. The molecule has 0 saturated carbocycles. The van der Waals surface area contributed by atoms with Gasteiger partial charge in [-0.15, -0.1) is 0 Å². The molecule has 0 aliphatic rings. The van der Waals surface area contributed by atoms with Crippen LogP contribution in [0, 0.1) is 0 Å². The fourth-order valence-corrected chi connectivity index (χ4v) is 1.64. The minimum Gasteiger partial charge on any atom is -0.324 e. The third-order valence-electron chi connectivity index (χ3n) is 1.78. The summed E-state index contributed by atoms with van der Waals surface area (Å²) in [5.74, 6) is -0.399. The highest BCUT2D eigenvalue weighted by atomic mass is 79.9. The van der Waals surface area contributed by atoms with Crippen LogP contribution in [0.2, 0.25) is 0 Å². The number of carbonyl (C=O) groups excluding carboxylic acids is 1. The molecule has 6 heteroatoms. The van der Waals surface area contributed by atoms with Crippen LogP contribution in [0.25, 0.3) is 0 Å². The molecule has 0 aliphatic heterocycles. The second-order valence-electron chi connectivity index (χ2n) is 2.82. The monoisotopic (exact) mass is 281 g/mol. The first-order valence-electron chi connectivity index (χ1n) is 3.96. The molecule has 0 amide bonds. The van der Waals surface area contributed by atoms with Gasteiger partial charge in [0.25, 0.3) is 0 Å². The lowest BCUT2D eigenvalue weighted by atomic mass is 10.1. The standard InChI is InChI=1S/C9H7BrF3NO/c10-7-3-5(8(15)4-14)1-2-6(7)9(11,12)13/h1-3H,4,14H2. The van der Waals surface area contributed by atoms with E-state index in [4.69, 9.17) is 5.73 Å². The molecule has 0 fully saturated rings. The van der Waals surface area contributed by atoms with Crippen LogP contribution in [0.1, 0.15) is 15.9 Å². The summed E-state index contributed by atoms with van der Waals surface area (Å²) in [5.41, 5.74) is 4.45. The lowest BCUT2D eigenvalue weighted by Crippen LogP contribution is -2.14. The molecule has 0 radical (unpaired) electrons. The average molecular weight is 282 g/mol. The largest absolute Gasteiger partial charge is 0.417 e. The maximum atomic E-state index is 12.3. The van der Waals surface area contributed by atoms with Crippen molar-refractivity contribution in [3.8, 4) is 0 Å². The number of Topliss-reactive ketones (excluding diaryl/α,β-unsaturated/α-hetero) is 1. The van der Waals surface area contributed by atoms with Crippen molar-refractivity contribution >= 4 is 21.7 Å².